The van der Waals surface area contributed by atoms with E-state index in [1.807, 2.05) is 66.1 Å². The molecule has 0 aliphatic carbocycles. The second kappa shape index (κ2) is 10.8. The first kappa shape index (κ1) is 25.2. The van der Waals surface area contributed by atoms with E-state index in [4.69, 9.17) is 30.4 Å². The topological polar surface area (TPSA) is 62.6 Å². The van der Waals surface area contributed by atoms with Gasteiger partial charge in [-0.2, -0.15) is 4.98 Å². The molecule has 0 bridgehead atoms. The highest BCUT2D eigenvalue weighted by atomic mass is 127. The summed E-state index contributed by atoms with van der Waals surface area (Å²) < 4.78 is 33.7. The number of halogens is 2. The highest BCUT2D eigenvalue weighted by Gasteiger charge is 2.29. The van der Waals surface area contributed by atoms with Crippen molar-refractivity contribution in [1.82, 2.24) is 9.55 Å². The first-order valence-corrected chi connectivity index (χ1v) is 13.9. The van der Waals surface area contributed by atoms with Crippen molar-refractivity contribution in [2.75, 3.05) is 13.2 Å². The van der Waals surface area contributed by atoms with Crippen LogP contribution in [0.1, 0.15) is 25.0 Å². The third kappa shape index (κ3) is 5.34. The molecule has 9 heteroatoms. The molecular weight excluding hydrogens is 586 g/mol. The molecule has 0 N–H and O–H groups in total. The molecule has 1 heterocycles. The summed E-state index contributed by atoms with van der Waals surface area (Å²) in [5.74, 6) is 0.491. The van der Waals surface area contributed by atoms with Crippen LogP contribution in [0.4, 0.5) is 0 Å². The molecule has 178 valence electrons. The molecule has 0 spiro atoms. The average molecular weight is 611 g/mol. The third-order valence-corrected chi connectivity index (χ3v) is 9.01. The van der Waals surface area contributed by atoms with Crippen LogP contribution in [-0.4, -0.2) is 22.8 Å². The van der Waals surface area contributed by atoms with E-state index < -0.39 is 7.60 Å². The quantitative estimate of drug-likeness (QED) is 0.147. The summed E-state index contributed by atoms with van der Waals surface area (Å²) in [5, 5.41) is 1.14. The summed E-state index contributed by atoms with van der Waals surface area (Å²) in [5.41, 5.74) is 3.55. The first-order chi connectivity index (χ1) is 16.3. The van der Waals surface area contributed by atoms with E-state index in [1.54, 1.807) is 19.9 Å². The van der Waals surface area contributed by atoms with Gasteiger partial charge >= 0.3 is 13.6 Å². The molecule has 6 nitrogen and oxygen atoms in total. The molecule has 34 heavy (non-hydrogen) atoms. The lowest BCUT2D eigenvalue weighted by molar-refractivity contribution is 0.229. The summed E-state index contributed by atoms with van der Waals surface area (Å²) in [6, 6.07) is 19.7. The van der Waals surface area contributed by atoms with E-state index in [0.717, 1.165) is 25.7 Å². The van der Waals surface area contributed by atoms with Crippen molar-refractivity contribution in [2.24, 2.45) is 0 Å². The van der Waals surface area contributed by atoms with Crippen LogP contribution in [0.15, 0.2) is 60.7 Å². The Labute approximate surface area is 217 Å². The molecule has 0 radical (unpaired) electrons. The Morgan fingerprint density at radius 2 is 1.74 bits per heavy atom. The van der Waals surface area contributed by atoms with Crippen LogP contribution in [0.3, 0.4) is 0 Å². The lowest BCUT2D eigenvalue weighted by Gasteiger charge is -2.19. The molecule has 0 atom stereocenters. The van der Waals surface area contributed by atoms with Gasteiger partial charge in [-0.1, -0.05) is 48.0 Å². The summed E-state index contributed by atoms with van der Waals surface area (Å²) in [4.78, 5) is 4.74. The van der Waals surface area contributed by atoms with Crippen molar-refractivity contribution < 1.29 is 18.3 Å². The molecule has 3 aromatic carbocycles. The van der Waals surface area contributed by atoms with E-state index in [1.165, 1.54) is 0 Å². The lowest BCUT2D eigenvalue weighted by Crippen LogP contribution is -2.14. The lowest BCUT2D eigenvalue weighted by atomic mass is 10.2. The van der Waals surface area contributed by atoms with Gasteiger partial charge in [0.05, 0.1) is 41.1 Å². The molecule has 0 amide bonds. The number of hydrogen-bond acceptors (Lipinski definition) is 5. The second-order valence-electron chi connectivity index (χ2n) is 7.60. The van der Waals surface area contributed by atoms with Crippen molar-refractivity contribution in [3.63, 3.8) is 0 Å². The highest BCUT2D eigenvalue weighted by molar-refractivity contribution is 14.1. The minimum Gasteiger partial charge on any atom is -0.425 e. The van der Waals surface area contributed by atoms with Gasteiger partial charge in [-0.25, -0.2) is 0 Å². The Kier molecular flexibility index (Phi) is 8.00. The van der Waals surface area contributed by atoms with Gasteiger partial charge in [-0.05, 0) is 78.8 Å². The van der Waals surface area contributed by atoms with E-state index >= 15 is 0 Å². The summed E-state index contributed by atoms with van der Waals surface area (Å²) >= 11 is 8.62. The Morgan fingerprint density at radius 1 is 1.03 bits per heavy atom. The molecule has 0 saturated carbocycles. The van der Waals surface area contributed by atoms with E-state index in [2.05, 4.69) is 22.6 Å². The monoisotopic (exact) mass is 610 g/mol. The van der Waals surface area contributed by atoms with E-state index in [-0.39, 0.29) is 13.2 Å². The zero-order valence-electron chi connectivity index (χ0n) is 19.1. The fourth-order valence-electron chi connectivity index (χ4n) is 3.66. The predicted octanol–water partition coefficient (Wildman–Crippen LogP) is 7.33. The van der Waals surface area contributed by atoms with Gasteiger partial charge in [-0.15, -0.1) is 0 Å². The highest BCUT2D eigenvalue weighted by Crippen LogP contribution is 2.48. The number of benzene rings is 3. The van der Waals surface area contributed by atoms with Crippen LogP contribution in [0, 0.1) is 10.5 Å². The summed E-state index contributed by atoms with van der Waals surface area (Å²) in [6.45, 7) is 6.55. The van der Waals surface area contributed by atoms with Crippen molar-refractivity contribution in [1.29, 1.82) is 0 Å². The molecule has 4 rings (SSSR count). The largest absolute Gasteiger partial charge is 0.425 e. The number of rotatable bonds is 9. The normalized spacial score (nSPS) is 11.8. The van der Waals surface area contributed by atoms with Gasteiger partial charge in [0.15, 0.2) is 0 Å². The molecule has 0 fully saturated rings. The van der Waals surface area contributed by atoms with Crippen LogP contribution in [0.5, 0.6) is 11.8 Å². The van der Waals surface area contributed by atoms with Gasteiger partial charge in [0.2, 0.25) is 0 Å². The van der Waals surface area contributed by atoms with E-state index in [9.17, 15) is 4.57 Å². The van der Waals surface area contributed by atoms with Gasteiger partial charge < -0.3 is 13.8 Å². The zero-order chi connectivity index (χ0) is 24.3. The first-order valence-electron chi connectivity index (χ1n) is 10.9. The molecule has 0 aliphatic heterocycles. The maximum absolute atomic E-state index is 13.4. The van der Waals surface area contributed by atoms with Crippen molar-refractivity contribution in [3.05, 3.63) is 80.4 Å². The van der Waals surface area contributed by atoms with Crippen molar-refractivity contribution in [3.8, 4) is 11.8 Å². The molecule has 0 unspecified atom stereocenters. The van der Waals surface area contributed by atoms with Gasteiger partial charge in [-0.3, -0.25) is 9.13 Å². The minimum absolute atomic E-state index is 0.272. The predicted molar refractivity (Wildman–Crippen MR) is 145 cm³/mol. The number of imidazole rings is 1. The number of nitrogens with zero attached hydrogens (tertiary/aromatic N) is 2. The Balaban J connectivity index is 1.79. The van der Waals surface area contributed by atoms with E-state index in [0.29, 0.717) is 28.6 Å². The van der Waals surface area contributed by atoms with Crippen LogP contribution in [0.2, 0.25) is 5.02 Å². The Bertz CT molecular complexity index is 1350. The van der Waals surface area contributed by atoms with Gasteiger partial charge in [0, 0.05) is 3.57 Å². The smallest absolute Gasteiger partial charge is 0.361 e. The fraction of sp³-hybridized carbons (Fsp3) is 0.240. The number of fused-ring (bicyclic) bond motifs is 1. The Hall–Kier alpha value is -1.90. The average Bonchev–Trinajstić information content (AvgIpc) is 3.12. The molecular formula is C25H25ClIN2O4P. The number of ether oxygens (including phenoxy) is 1. The van der Waals surface area contributed by atoms with Crippen molar-refractivity contribution in [2.45, 2.75) is 27.3 Å². The third-order valence-electron chi connectivity index (χ3n) is 5.22. The Morgan fingerprint density at radius 3 is 2.41 bits per heavy atom. The summed E-state index contributed by atoms with van der Waals surface area (Å²) in [6.07, 6.45) is 0. The van der Waals surface area contributed by atoms with Crippen molar-refractivity contribution >= 4 is 58.1 Å². The second-order valence-corrected chi connectivity index (χ2v) is 11.2. The maximum Gasteiger partial charge on any atom is 0.361 e. The molecule has 4 aromatic rings. The standard InChI is InChI=1S/C25H25ClIN2O4P/c1-4-31-34(30,32-5-2)24-13-19(12-11-17(24)3)33-25-28-22-15-21(27)20(26)14-23(22)29(25)16-18-9-7-6-8-10-18/h6-15H,4-5,16H2,1-3H3. The van der Waals surface area contributed by atoms with Gasteiger partial charge in [0.1, 0.15) is 5.75 Å². The summed E-state index contributed by atoms with van der Waals surface area (Å²) in [7, 11) is -3.47. The number of aromatic nitrogens is 2. The van der Waals surface area contributed by atoms with Crippen LogP contribution in [0.25, 0.3) is 11.0 Å². The minimum atomic E-state index is -3.47. The van der Waals surface area contributed by atoms with Crippen LogP contribution >= 0.6 is 41.8 Å². The number of hydrogen-bond donors (Lipinski definition) is 0. The van der Waals surface area contributed by atoms with Crippen LogP contribution in [-0.2, 0) is 20.2 Å². The number of aryl methyl sites for hydroxylation is 1. The molecule has 0 saturated heterocycles. The zero-order valence-corrected chi connectivity index (χ0v) is 22.9. The van der Waals surface area contributed by atoms with Crippen LogP contribution < -0.4 is 10.0 Å². The molecule has 1 aromatic heterocycles. The van der Waals surface area contributed by atoms with Gasteiger partial charge in [0.25, 0.3) is 0 Å². The maximum atomic E-state index is 13.4. The fourth-order valence-corrected chi connectivity index (χ4v) is 6.10. The SMILES string of the molecule is CCOP(=O)(OCC)c1cc(Oc2nc3cc(I)c(Cl)cc3n2Cc2ccccc2)ccc1C. The molecule has 0 aliphatic rings.